The van der Waals surface area contributed by atoms with Crippen molar-refractivity contribution in [1.29, 1.82) is 0 Å². The predicted molar refractivity (Wildman–Crippen MR) is 192 cm³/mol. The van der Waals surface area contributed by atoms with Gasteiger partial charge in [-0.2, -0.15) is 0 Å². The molecule has 0 saturated heterocycles. The van der Waals surface area contributed by atoms with Crippen LogP contribution < -0.4 is 4.90 Å². The fourth-order valence-electron chi connectivity index (χ4n) is 5.12. The van der Waals surface area contributed by atoms with Crippen LogP contribution in [0.2, 0.25) is 36.3 Å². The Labute approximate surface area is 269 Å². The lowest BCUT2D eigenvalue weighted by Crippen LogP contribution is -2.44. The number of hydrogen-bond donors (Lipinski definition) is 0. The van der Waals surface area contributed by atoms with Crippen LogP contribution in [0.5, 0.6) is 0 Å². The van der Waals surface area contributed by atoms with Crippen molar-refractivity contribution in [1.82, 2.24) is 0 Å². The summed E-state index contributed by atoms with van der Waals surface area (Å²) in [7, 11) is -6.64. The van der Waals surface area contributed by atoms with Crippen molar-refractivity contribution in [2.45, 2.75) is 142 Å². The molecular formula is C35H67NO4SSi2. The molecule has 0 atom stereocenters. The Morgan fingerprint density at radius 1 is 0.721 bits per heavy atom. The summed E-state index contributed by atoms with van der Waals surface area (Å²) in [6.45, 7) is 31.8. The normalized spacial score (nSPS) is 19.5. The van der Waals surface area contributed by atoms with Gasteiger partial charge in [0.05, 0.1) is 23.7 Å². The average molecular weight is 654 g/mol. The van der Waals surface area contributed by atoms with Crippen molar-refractivity contribution in [2.75, 3.05) is 37.0 Å². The maximum atomic E-state index is 12.7. The second kappa shape index (κ2) is 14.8. The standard InChI is InChI=1S/C35H67NO4SSi2/c1-33(2,3)41(37,38)28-31-18-16-29(17-19-31)14-15-30-20-22-32(23-21-30)36(24-26-39-42(10,11)34(4,5)6)25-27-40-43(12,13)35(7,8)9/h20-23,29,31H,14-19,24-28H2,1-13H3. The highest BCUT2D eigenvalue weighted by molar-refractivity contribution is 7.92. The molecule has 0 aliphatic heterocycles. The van der Waals surface area contributed by atoms with Gasteiger partial charge in [-0.25, -0.2) is 8.42 Å². The minimum absolute atomic E-state index is 0.203. The van der Waals surface area contributed by atoms with Crippen molar-refractivity contribution in [3.63, 3.8) is 0 Å². The summed E-state index contributed by atoms with van der Waals surface area (Å²) in [4.78, 5) is 2.44. The van der Waals surface area contributed by atoms with Crippen molar-refractivity contribution in [2.24, 2.45) is 11.8 Å². The fourth-order valence-corrected chi connectivity index (χ4v) is 8.64. The summed E-state index contributed by atoms with van der Waals surface area (Å²) in [5.41, 5.74) is 2.62. The van der Waals surface area contributed by atoms with Gasteiger partial charge in [0.1, 0.15) is 0 Å². The van der Waals surface area contributed by atoms with E-state index < -0.39 is 31.2 Å². The van der Waals surface area contributed by atoms with Crippen LogP contribution in [0.3, 0.4) is 0 Å². The third kappa shape index (κ3) is 11.6. The Bertz CT molecular complexity index is 1060. The molecule has 1 saturated carbocycles. The summed E-state index contributed by atoms with van der Waals surface area (Å²) in [5, 5.41) is 0.405. The van der Waals surface area contributed by atoms with Gasteiger partial charge >= 0.3 is 0 Å². The van der Waals surface area contributed by atoms with Crippen LogP contribution in [0.1, 0.15) is 100.0 Å². The van der Waals surface area contributed by atoms with E-state index >= 15 is 0 Å². The van der Waals surface area contributed by atoms with E-state index in [1.165, 1.54) is 17.7 Å². The third-order valence-electron chi connectivity index (χ3n) is 10.8. The van der Waals surface area contributed by atoms with Crippen molar-refractivity contribution in [3.05, 3.63) is 29.8 Å². The van der Waals surface area contributed by atoms with Crippen LogP contribution in [0.15, 0.2) is 24.3 Å². The molecule has 1 fully saturated rings. The highest BCUT2D eigenvalue weighted by atomic mass is 32.2. The number of sulfone groups is 1. The zero-order valence-corrected chi connectivity index (χ0v) is 33.0. The number of benzene rings is 1. The maximum absolute atomic E-state index is 12.7. The summed E-state index contributed by atoms with van der Waals surface area (Å²) >= 11 is 0. The number of nitrogens with zero attached hydrogens (tertiary/aromatic N) is 1. The Balaban J connectivity index is 1.97. The van der Waals surface area contributed by atoms with Gasteiger partial charge in [0, 0.05) is 18.8 Å². The lowest BCUT2D eigenvalue weighted by molar-refractivity contribution is 0.276. The molecule has 0 N–H and O–H groups in total. The van der Waals surface area contributed by atoms with Gasteiger partial charge in [-0.15, -0.1) is 0 Å². The molecule has 1 aliphatic carbocycles. The molecule has 1 aliphatic rings. The van der Waals surface area contributed by atoms with Gasteiger partial charge in [0.25, 0.3) is 0 Å². The average Bonchev–Trinajstić information content (AvgIpc) is 2.85. The number of anilines is 1. The SMILES string of the molecule is CC(C)(C)[Si](C)(C)OCCN(CCO[Si](C)(C)C(C)(C)C)c1ccc(CCC2CCC(CS(=O)(=O)C(C)(C)C)CC2)cc1. The monoisotopic (exact) mass is 653 g/mol. The van der Waals surface area contributed by atoms with Gasteiger partial charge in [-0.3, -0.25) is 0 Å². The van der Waals surface area contributed by atoms with E-state index in [1.54, 1.807) is 0 Å². The first-order valence-electron chi connectivity index (χ1n) is 16.8. The van der Waals surface area contributed by atoms with E-state index in [0.717, 1.165) is 58.4 Å². The van der Waals surface area contributed by atoms with Crippen molar-refractivity contribution in [3.8, 4) is 0 Å². The van der Waals surface area contributed by atoms with Gasteiger partial charge < -0.3 is 13.8 Å². The van der Waals surface area contributed by atoms with Crippen LogP contribution in [0.25, 0.3) is 0 Å². The topological polar surface area (TPSA) is 55.8 Å². The molecular weight excluding hydrogens is 587 g/mol. The second-order valence-electron chi connectivity index (χ2n) is 17.2. The van der Waals surface area contributed by atoms with E-state index in [2.05, 4.69) is 96.9 Å². The fraction of sp³-hybridized carbons (Fsp3) is 0.829. The highest BCUT2D eigenvalue weighted by Crippen LogP contribution is 2.38. The molecule has 0 amide bonds. The zero-order chi connectivity index (χ0) is 32.9. The van der Waals surface area contributed by atoms with Crippen LogP contribution in [0, 0.1) is 11.8 Å². The Morgan fingerprint density at radius 2 is 1.14 bits per heavy atom. The van der Waals surface area contributed by atoms with Gasteiger partial charge in [-0.1, -0.05) is 66.5 Å². The number of aryl methyl sites for hydroxylation is 1. The molecule has 250 valence electrons. The van der Waals surface area contributed by atoms with E-state index in [1.807, 2.05) is 20.8 Å². The minimum Gasteiger partial charge on any atom is -0.415 e. The molecule has 8 heteroatoms. The quantitative estimate of drug-likeness (QED) is 0.187. The van der Waals surface area contributed by atoms with E-state index in [-0.39, 0.29) is 10.1 Å². The van der Waals surface area contributed by atoms with E-state index in [4.69, 9.17) is 8.85 Å². The van der Waals surface area contributed by atoms with Gasteiger partial charge in [0.2, 0.25) is 0 Å². The van der Waals surface area contributed by atoms with Gasteiger partial charge in [-0.05, 0) is 112 Å². The largest absolute Gasteiger partial charge is 0.415 e. The van der Waals surface area contributed by atoms with E-state index in [9.17, 15) is 8.42 Å². The maximum Gasteiger partial charge on any atom is 0.192 e. The molecule has 0 unspecified atom stereocenters. The van der Waals surface area contributed by atoms with Crippen molar-refractivity contribution < 1.29 is 17.3 Å². The molecule has 0 radical (unpaired) electrons. The molecule has 0 aromatic heterocycles. The van der Waals surface area contributed by atoms with Gasteiger partial charge in [0.15, 0.2) is 26.5 Å². The van der Waals surface area contributed by atoms with E-state index in [0.29, 0.717) is 17.6 Å². The second-order valence-corrected chi connectivity index (χ2v) is 29.6. The lowest BCUT2D eigenvalue weighted by atomic mass is 9.80. The lowest BCUT2D eigenvalue weighted by Gasteiger charge is -2.38. The number of rotatable bonds is 14. The first-order chi connectivity index (χ1) is 19.5. The Kier molecular flexibility index (Phi) is 13.3. The first-order valence-corrected chi connectivity index (χ1v) is 24.3. The zero-order valence-electron chi connectivity index (χ0n) is 30.2. The van der Waals surface area contributed by atoms with Crippen molar-refractivity contribution >= 4 is 32.2 Å². The molecule has 0 bridgehead atoms. The molecule has 43 heavy (non-hydrogen) atoms. The highest BCUT2D eigenvalue weighted by Gasteiger charge is 2.38. The van der Waals surface area contributed by atoms with Crippen LogP contribution in [0.4, 0.5) is 5.69 Å². The summed E-state index contributed by atoms with van der Waals surface area (Å²) in [5.74, 6) is 1.37. The van der Waals surface area contributed by atoms with Crippen LogP contribution in [-0.2, 0) is 25.1 Å². The summed E-state index contributed by atoms with van der Waals surface area (Å²) in [6.07, 6.45) is 6.65. The van der Waals surface area contributed by atoms with Crippen LogP contribution in [-0.4, -0.2) is 61.9 Å². The number of hydrogen-bond acceptors (Lipinski definition) is 5. The van der Waals surface area contributed by atoms with Crippen LogP contribution >= 0.6 is 0 Å². The molecule has 1 aromatic carbocycles. The molecule has 2 rings (SSSR count). The molecule has 1 aromatic rings. The Hall–Kier alpha value is -0.676. The summed E-state index contributed by atoms with van der Waals surface area (Å²) < 4.78 is 37.8. The smallest absolute Gasteiger partial charge is 0.192 e. The predicted octanol–water partition coefficient (Wildman–Crippen LogP) is 9.49. The first kappa shape index (κ1) is 38.5. The molecule has 0 spiro atoms. The minimum atomic E-state index is -3.04. The summed E-state index contributed by atoms with van der Waals surface area (Å²) in [6, 6.07) is 9.16. The molecule has 5 nitrogen and oxygen atoms in total. The molecule has 0 heterocycles. The Morgan fingerprint density at radius 3 is 1.53 bits per heavy atom. The third-order valence-corrected chi connectivity index (χ3v) is 22.6.